The fraction of sp³-hybridized carbons (Fsp3) is 0.286. The minimum Gasteiger partial charge on any atom is -0.355 e. The molecule has 3 rings (SSSR count). The lowest BCUT2D eigenvalue weighted by molar-refractivity contribution is -0.126. The van der Waals surface area contributed by atoms with Crippen molar-refractivity contribution < 1.29 is 14.4 Å². The van der Waals surface area contributed by atoms with Crippen LogP contribution in [0.15, 0.2) is 48.5 Å². The molecule has 0 aromatic heterocycles. The van der Waals surface area contributed by atoms with Crippen molar-refractivity contribution in [3.63, 3.8) is 0 Å². The first-order chi connectivity index (χ1) is 13.0. The molecule has 1 heterocycles. The molecule has 1 atom stereocenters. The van der Waals surface area contributed by atoms with E-state index in [0.29, 0.717) is 18.7 Å². The monoisotopic (exact) mass is 365 g/mol. The Labute approximate surface area is 158 Å². The zero-order valence-electron chi connectivity index (χ0n) is 15.5. The Morgan fingerprint density at radius 1 is 1.07 bits per heavy atom. The zero-order chi connectivity index (χ0) is 19.4. The van der Waals surface area contributed by atoms with Crippen LogP contribution in [-0.4, -0.2) is 31.3 Å². The molecule has 0 radical (unpaired) electrons. The van der Waals surface area contributed by atoms with Crippen molar-refractivity contribution in [3.8, 4) is 0 Å². The molecule has 0 bridgehead atoms. The van der Waals surface area contributed by atoms with Gasteiger partial charge < -0.3 is 15.5 Å². The van der Waals surface area contributed by atoms with Crippen LogP contribution in [0, 0.1) is 12.8 Å². The number of nitrogens with one attached hydrogen (secondary N) is 2. The first kappa shape index (κ1) is 18.6. The van der Waals surface area contributed by atoms with Gasteiger partial charge in [-0.25, -0.2) is 0 Å². The molecule has 1 aliphatic heterocycles. The Morgan fingerprint density at radius 3 is 2.37 bits per heavy atom. The molecule has 140 valence electrons. The van der Waals surface area contributed by atoms with Crippen molar-refractivity contribution in [1.82, 2.24) is 10.6 Å². The zero-order valence-corrected chi connectivity index (χ0v) is 15.5. The highest BCUT2D eigenvalue weighted by Gasteiger charge is 2.34. The molecule has 0 aliphatic carbocycles. The summed E-state index contributed by atoms with van der Waals surface area (Å²) in [7, 11) is 1.58. The first-order valence-corrected chi connectivity index (χ1v) is 8.93. The van der Waals surface area contributed by atoms with Gasteiger partial charge in [0.25, 0.3) is 5.91 Å². The number of rotatable bonds is 5. The number of amides is 3. The van der Waals surface area contributed by atoms with Crippen LogP contribution in [0.4, 0.5) is 5.69 Å². The number of nitrogens with zero attached hydrogens (tertiary/aromatic N) is 1. The van der Waals surface area contributed by atoms with E-state index in [1.165, 1.54) is 0 Å². The maximum atomic E-state index is 12.5. The summed E-state index contributed by atoms with van der Waals surface area (Å²) in [6.45, 7) is 2.75. The average Bonchev–Trinajstić information content (AvgIpc) is 3.08. The second kappa shape index (κ2) is 8.03. The van der Waals surface area contributed by atoms with Crippen molar-refractivity contribution in [2.75, 3.05) is 18.5 Å². The maximum Gasteiger partial charge on any atom is 0.251 e. The number of carbonyl (C=O) groups is 3. The predicted molar refractivity (Wildman–Crippen MR) is 103 cm³/mol. The van der Waals surface area contributed by atoms with Crippen LogP contribution in [0.2, 0.25) is 0 Å². The van der Waals surface area contributed by atoms with E-state index in [9.17, 15) is 14.4 Å². The molecular formula is C21H23N3O3. The quantitative estimate of drug-likeness (QED) is 0.851. The highest BCUT2D eigenvalue weighted by Crippen LogP contribution is 2.25. The second-order valence-electron chi connectivity index (χ2n) is 6.73. The van der Waals surface area contributed by atoms with Gasteiger partial charge in [0.2, 0.25) is 11.8 Å². The number of benzene rings is 2. The highest BCUT2D eigenvalue weighted by molar-refractivity contribution is 6.00. The summed E-state index contributed by atoms with van der Waals surface area (Å²) in [5.74, 6) is -0.669. The van der Waals surface area contributed by atoms with Gasteiger partial charge in [-0.15, -0.1) is 0 Å². The predicted octanol–water partition coefficient (Wildman–Crippen LogP) is 2.02. The fourth-order valence-electron chi connectivity index (χ4n) is 3.11. The molecule has 2 aromatic carbocycles. The van der Waals surface area contributed by atoms with E-state index in [1.807, 2.05) is 43.3 Å². The van der Waals surface area contributed by atoms with E-state index < -0.39 is 0 Å². The van der Waals surface area contributed by atoms with Crippen LogP contribution >= 0.6 is 0 Å². The Kier molecular flexibility index (Phi) is 5.54. The molecule has 6 nitrogen and oxygen atoms in total. The van der Waals surface area contributed by atoms with Crippen LogP contribution in [0.3, 0.4) is 0 Å². The van der Waals surface area contributed by atoms with Gasteiger partial charge in [0.1, 0.15) is 0 Å². The normalized spacial score (nSPS) is 16.3. The van der Waals surface area contributed by atoms with Gasteiger partial charge >= 0.3 is 0 Å². The molecule has 1 unspecified atom stereocenters. The van der Waals surface area contributed by atoms with Crippen LogP contribution in [0.1, 0.15) is 27.9 Å². The van der Waals surface area contributed by atoms with Gasteiger partial charge in [0, 0.05) is 37.8 Å². The summed E-state index contributed by atoms with van der Waals surface area (Å²) in [5, 5.41) is 5.45. The number of anilines is 1. The average molecular weight is 365 g/mol. The molecule has 3 amide bonds. The molecule has 6 heteroatoms. The summed E-state index contributed by atoms with van der Waals surface area (Å²) in [6.07, 6.45) is 0.218. The standard InChI is InChI=1S/C21H23N3O3/c1-14-3-9-18(10-4-14)24-13-17(11-19(24)25)21(27)23-12-15-5-7-16(8-6-15)20(26)22-2/h3-10,17H,11-13H2,1-2H3,(H,22,26)(H,23,27). The number of hydrogen-bond donors (Lipinski definition) is 2. The minimum atomic E-state index is -0.357. The topological polar surface area (TPSA) is 78.5 Å². The Hall–Kier alpha value is -3.15. The van der Waals surface area contributed by atoms with Gasteiger partial charge in [0.05, 0.1) is 5.92 Å². The van der Waals surface area contributed by atoms with Gasteiger partial charge in [-0.3, -0.25) is 14.4 Å². The molecule has 0 saturated carbocycles. The summed E-state index contributed by atoms with van der Waals surface area (Å²) < 4.78 is 0. The van der Waals surface area contributed by atoms with Crippen molar-refractivity contribution in [1.29, 1.82) is 0 Å². The van der Waals surface area contributed by atoms with Crippen LogP contribution < -0.4 is 15.5 Å². The molecule has 0 spiro atoms. The molecule has 27 heavy (non-hydrogen) atoms. The van der Waals surface area contributed by atoms with Crippen molar-refractivity contribution >= 4 is 23.4 Å². The van der Waals surface area contributed by atoms with Crippen LogP contribution in [0.25, 0.3) is 0 Å². The van der Waals surface area contributed by atoms with Gasteiger partial charge in [-0.05, 0) is 36.8 Å². The summed E-state index contributed by atoms with van der Waals surface area (Å²) >= 11 is 0. The molecule has 1 aliphatic rings. The SMILES string of the molecule is CNC(=O)c1ccc(CNC(=O)C2CC(=O)N(c3ccc(C)cc3)C2)cc1. The third-order valence-electron chi connectivity index (χ3n) is 4.75. The second-order valence-corrected chi connectivity index (χ2v) is 6.73. The summed E-state index contributed by atoms with van der Waals surface area (Å²) in [6, 6.07) is 14.8. The first-order valence-electron chi connectivity index (χ1n) is 8.93. The molecule has 1 saturated heterocycles. The van der Waals surface area contributed by atoms with E-state index >= 15 is 0 Å². The lowest BCUT2D eigenvalue weighted by atomic mass is 10.1. The fourth-order valence-corrected chi connectivity index (χ4v) is 3.11. The number of carbonyl (C=O) groups excluding carboxylic acids is 3. The Bertz CT molecular complexity index is 844. The van der Waals surface area contributed by atoms with Gasteiger partial charge in [0.15, 0.2) is 0 Å². The minimum absolute atomic E-state index is 0.0334. The molecule has 2 aromatic rings. The van der Waals surface area contributed by atoms with E-state index in [2.05, 4.69) is 10.6 Å². The highest BCUT2D eigenvalue weighted by atomic mass is 16.2. The molecule has 1 fully saturated rings. The van der Waals surface area contributed by atoms with Crippen molar-refractivity contribution in [3.05, 3.63) is 65.2 Å². The van der Waals surface area contributed by atoms with E-state index in [1.54, 1.807) is 24.1 Å². The smallest absolute Gasteiger partial charge is 0.251 e. The van der Waals surface area contributed by atoms with E-state index in [0.717, 1.165) is 16.8 Å². The summed E-state index contributed by atoms with van der Waals surface area (Å²) in [4.78, 5) is 38.0. The summed E-state index contributed by atoms with van der Waals surface area (Å²) in [5.41, 5.74) is 3.42. The lowest BCUT2D eigenvalue weighted by Crippen LogP contribution is -2.32. The molecule has 2 N–H and O–H groups in total. The van der Waals surface area contributed by atoms with Crippen molar-refractivity contribution in [2.24, 2.45) is 5.92 Å². The van der Waals surface area contributed by atoms with E-state index in [-0.39, 0.29) is 30.1 Å². The Morgan fingerprint density at radius 2 is 1.74 bits per heavy atom. The maximum absolute atomic E-state index is 12.5. The van der Waals surface area contributed by atoms with Crippen molar-refractivity contribution in [2.45, 2.75) is 19.9 Å². The van der Waals surface area contributed by atoms with Gasteiger partial charge in [-0.2, -0.15) is 0 Å². The largest absolute Gasteiger partial charge is 0.355 e. The van der Waals surface area contributed by atoms with Crippen LogP contribution in [-0.2, 0) is 16.1 Å². The van der Waals surface area contributed by atoms with Crippen LogP contribution in [0.5, 0.6) is 0 Å². The Balaban J connectivity index is 1.56. The lowest BCUT2D eigenvalue weighted by Gasteiger charge is -2.17. The third kappa shape index (κ3) is 4.34. The molecular weight excluding hydrogens is 342 g/mol. The van der Waals surface area contributed by atoms with Gasteiger partial charge in [-0.1, -0.05) is 29.8 Å². The van der Waals surface area contributed by atoms with E-state index in [4.69, 9.17) is 0 Å². The third-order valence-corrected chi connectivity index (χ3v) is 4.75. The number of hydrogen-bond acceptors (Lipinski definition) is 3. The number of aryl methyl sites for hydroxylation is 1.